The number of hydrogen-bond acceptors (Lipinski definition) is 5. The molecule has 0 spiro atoms. The van der Waals surface area contributed by atoms with Gasteiger partial charge in [-0.05, 0) is 54.8 Å². The molecule has 0 fully saturated rings. The topological polar surface area (TPSA) is 96.4 Å². The van der Waals surface area contributed by atoms with E-state index in [9.17, 15) is 14.7 Å². The number of carbonyl (C=O) groups is 1. The van der Waals surface area contributed by atoms with E-state index in [-0.39, 0.29) is 11.1 Å². The number of aromatic amines is 1. The predicted octanol–water partition coefficient (Wildman–Crippen LogP) is 0.956. The molecule has 0 radical (unpaired) electrons. The van der Waals surface area contributed by atoms with Gasteiger partial charge in [-0.15, -0.1) is 0 Å². The molecule has 1 heterocycles. The van der Waals surface area contributed by atoms with E-state index < -0.39 is 5.97 Å². The minimum atomic E-state index is -1.27. The summed E-state index contributed by atoms with van der Waals surface area (Å²) >= 11 is 0. The van der Waals surface area contributed by atoms with Crippen LogP contribution >= 0.6 is 0 Å². The SMILES string of the molecule is C=c1[nH]n(-c2ccc(C(=O)[O-])cc2)c(=O)/c1=C/c1ccc(OCCC)c(OCC)c1. The van der Waals surface area contributed by atoms with Crippen molar-refractivity contribution in [3.8, 4) is 17.2 Å². The van der Waals surface area contributed by atoms with Crippen molar-refractivity contribution in [3.05, 3.63) is 74.5 Å². The fraction of sp³-hybridized carbons (Fsp3) is 0.217. The second kappa shape index (κ2) is 9.17. The Balaban J connectivity index is 2.02. The van der Waals surface area contributed by atoms with Crippen molar-refractivity contribution < 1.29 is 19.4 Å². The summed E-state index contributed by atoms with van der Waals surface area (Å²) in [6, 6.07) is 11.3. The molecule has 30 heavy (non-hydrogen) atoms. The van der Waals surface area contributed by atoms with Crippen molar-refractivity contribution in [2.75, 3.05) is 13.2 Å². The number of carboxylic acids is 1. The summed E-state index contributed by atoms with van der Waals surface area (Å²) in [5, 5.41) is 14.7. The zero-order valence-electron chi connectivity index (χ0n) is 16.9. The minimum absolute atomic E-state index is 0.0359. The molecule has 0 aliphatic heterocycles. The average molecular weight is 407 g/mol. The van der Waals surface area contributed by atoms with Crippen LogP contribution in [0.4, 0.5) is 0 Å². The number of rotatable bonds is 8. The van der Waals surface area contributed by atoms with Crippen LogP contribution in [0.1, 0.15) is 36.2 Å². The third kappa shape index (κ3) is 4.46. The van der Waals surface area contributed by atoms with Crippen LogP contribution in [-0.2, 0) is 0 Å². The number of nitrogens with one attached hydrogen (secondary N) is 1. The largest absolute Gasteiger partial charge is 0.545 e. The fourth-order valence-corrected chi connectivity index (χ4v) is 2.95. The molecule has 2 aromatic carbocycles. The predicted molar refractivity (Wildman–Crippen MR) is 112 cm³/mol. The van der Waals surface area contributed by atoms with Gasteiger partial charge in [0.15, 0.2) is 11.5 Å². The molecule has 0 amide bonds. The molecule has 0 bridgehead atoms. The highest BCUT2D eigenvalue weighted by Crippen LogP contribution is 2.28. The number of aromatic nitrogens is 2. The molecular weight excluding hydrogens is 384 g/mol. The summed E-state index contributed by atoms with van der Waals surface area (Å²) in [6.45, 7) is 8.92. The van der Waals surface area contributed by atoms with Crippen LogP contribution in [0.3, 0.4) is 0 Å². The van der Waals surface area contributed by atoms with E-state index >= 15 is 0 Å². The van der Waals surface area contributed by atoms with Gasteiger partial charge in [0.1, 0.15) is 0 Å². The molecule has 156 valence electrons. The van der Waals surface area contributed by atoms with E-state index in [0.717, 1.165) is 12.0 Å². The monoisotopic (exact) mass is 407 g/mol. The highest BCUT2D eigenvalue weighted by Gasteiger charge is 2.08. The molecule has 0 aliphatic rings. The lowest BCUT2D eigenvalue weighted by molar-refractivity contribution is -0.255. The molecular formula is C23H23N2O5-. The summed E-state index contributed by atoms with van der Waals surface area (Å²) < 4.78 is 12.7. The first kappa shape index (κ1) is 21.0. The summed E-state index contributed by atoms with van der Waals surface area (Å²) in [5.74, 6) is -0.00653. The van der Waals surface area contributed by atoms with E-state index in [1.54, 1.807) is 6.08 Å². The standard InChI is InChI=1S/C23H24N2O5/c1-4-12-30-20-11-6-16(14-21(20)29-5-2)13-19-15(3)24-25(22(19)26)18-9-7-17(8-10-18)23(27)28/h6-11,13-14,24H,3-5,12H2,1-2H3,(H,27,28)/p-1/b19-13+. The van der Waals surface area contributed by atoms with Crippen LogP contribution in [0.25, 0.3) is 18.3 Å². The van der Waals surface area contributed by atoms with Crippen LogP contribution < -0.4 is 30.7 Å². The Labute approximate surface area is 173 Å². The Bertz CT molecular complexity index is 1210. The lowest BCUT2D eigenvalue weighted by Crippen LogP contribution is -2.34. The van der Waals surface area contributed by atoms with Gasteiger partial charge >= 0.3 is 0 Å². The number of aromatic carboxylic acids is 1. The van der Waals surface area contributed by atoms with Gasteiger partial charge in [-0.3, -0.25) is 9.89 Å². The maximum atomic E-state index is 12.9. The van der Waals surface area contributed by atoms with Crippen molar-refractivity contribution in [2.45, 2.75) is 20.3 Å². The molecule has 0 unspecified atom stereocenters. The van der Waals surface area contributed by atoms with Gasteiger partial charge in [0, 0.05) is 0 Å². The van der Waals surface area contributed by atoms with Crippen molar-refractivity contribution >= 4 is 18.6 Å². The number of carbonyl (C=O) groups excluding carboxylic acids is 1. The number of benzene rings is 2. The Morgan fingerprint density at radius 2 is 1.87 bits per heavy atom. The molecule has 1 aromatic heterocycles. The van der Waals surface area contributed by atoms with Crippen LogP contribution in [0.5, 0.6) is 11.5 Å². The molecule has 1 N–H and O–H groups in total. The van der Waals surface area contributed by atoms with Crippen LogP contribution in [-0.4, -0.2) is 29.0 Å². The van der Waals surface area contributed by atoms with Gasteiger partial charge in [-0.1, -0.05) is 31.7 Å². The van der Waals surface area contributed by atoms with Gasteiger partial charge < -0.3 is 19.4 Å². The number of H-pyrrole nitrogens is 1. The summed E-state index contributed by atoms with van der Waals surface area (Å²) in [5.41, 5.74) is 0.995. The zero-order valence-corrected chi connectivity index (χ0v) is 16.9. The number of hydrogen-bond donors (Lipinski definition) is 1. The second-order valence-corrected chi connectivity index (χ2v) is 6.61. The normalized spacial score (nSPS) is 11.5. The number of ether oxygens (including phenoxy) is 2. The molecule has 7 heteroatoms. The molecule has 0 saturated heterocycles. The zero-order chi connectivity index (χ0) is 21.7. The fourth-order valence-electron chi connectivity index (χ4n) is 2.95. The van der Waals surface area contributed by atoms with Crippen LogP contribution in [0.15, 0.2) is 47.3 Å². The number of nitrogens with zero attached hydrogens (tertiary/aromatic N) is 1. The Kier molecular flexibility index (Phi) is 6.41. The van der Waals surface area contributed by atoms with Crippen molar-refractivity contribution in [1.29, 1.82) is 0 Å². The molecule has 7 nitrogen and oxygen atoms in total. The van der Waals surface area contributed by atoms with Gasteiger partial charge in [0.2, 0.25) is 0 Å². The van der Waals surface area contributed by atoms with Crippen molar-refractivity contribution in [1.82, 2.24) is 9.78 Å². The molecule has 0 saturated carbocycles. The lowest BCUT2D eigenvalue weighted by atomic mass is 10.1. The average Bonchev–Trinajstić information content (AvgIpc) is 3.02. The highest BCUT2D eigenvalue weighted by molar-refractivity contribution is 5.85. The maximum absolute atomic E-state index is 12.9. The van der Waals surface area contributed by atoms with Crippen LogP contribution in [0, 0.1) is 0 Å². The quantitative estimate of drug-likeness (QED) is 0.600. The van der Waals surface area contributed by atoms with Gasteiger partial charge in [0.25, 0.3) is 5.56 Å². The van der Waals surface area contributed by atoms with E-state index in [1.165, 1.54) is 28.9 Å². The highest BCUT2D eigenvalue weighted by atomic mass is 16.5. The smallest absolute Gasteiger partial charge is 0.279 e. The van der Waals surface area contributed by atoms with Crippen molar-refractivity contribution in [3.63, 3.8) is 0 Å². The molecule has 0 atom stereocenters. The summed E-state index contributed by atoms with van der Waals surface area (Å²) in [7, 11) is 0. The third-order valence-electron chi connectivity index (χ3n) is 4.41. The Morgan fingerprint density at radius 3 is 2.50 bits per heavy atom. The molecule has 3 aromatic rings. The van der Waals surface area contributed by atoms with Crippen molar-refractivity contribution in [2.24, 2.45) is 0 Å². The van der Waals surface area contributed by atoms with Crippen LogP contribution in [0.2, 0.25) is 0 Å². The maximum Gasteiger partial charge on any atom is 0.279 e. The van der Waals surface area contributed by atoms with Gasteiger partial charge in [-0.2, -0.15) is 0 Å². The van der Waals surface area contributed by atoms with E-state index in [4.69, 9.17) is 9.47 Å². The summed E-state index contributed by atoms with van der Waals surface area (Å²) in [6.07, 6.45) is 2.61. The number of carboxylic acid groups (broad SMARTS) is 1. The first-order valence-electron chi connectivity index (χ1n) is 9.67. The first-order chi connectivity index (χ1) is 14.4. The van der Waals surface area contributed by atoms with Gasteiger partial charge in [0.05, 0.1) is 35.4 Å². The van der Waals surface area contributed by atoms with E-state index in [2.05, 4.69) is 11.7 Å². The molecule has 0 aliphatic carbocycles. The molecule has 3 rings (SSSR count). The third-order valence-corrected chi connectivity index (χ3v) is 4.41. The Hall–Kier alpha value is -3.74. The lowest BCUT2D eigenvalue weighted by Gasteiger charge is -2.11. The minimum Gasteiger partial charge on any atom is -0.545 e. The second-order valence-electron chi connectivity index (χ2n) is 6.61. The van der Waals surface area contributed by atoms with E-state index in [1.807, 2.05) is 32.0 Å². The first-order valence-corrected chi connectivity index (χ1v) is 9.67. The van der Waals surface area contributed by atoms with Gasteiger partial charge in [-0.25, -0.2) is 4.68 Å². The Morgan fingerprint density at radius 1 is 1.13 bits per heavy atom. The summed E-state index contributed by atoms with van der Waals surface area (Å²) in [4.78, 5) is 23.8. The van der Waals surface area contributed by atoms with E-state index in [0.29, 0.717) is 41.0 Å².